The van der Waals surface area contributed by atoms with E-state index in [9.17, 15) is 0 Å². The van der Waals surface area contributed by atoms with Gasteiger partial charge in [-0.3, -0.25) is 0 Å². The third kappa shape index (κ3) is 3.72. The van der Waals surface area contributed by atoms with Crippen LogP contribution in [-0.2, 0) is 6.54 Å². The van der Waals surface area contributed by atoms with Crippen LogP contribution in [0.2, 0.25) is 0 Å². The Hall–Kier alpha value is -1.06. The van der Waals surface area contributed by atoms with Gasteiger partial charge < -0.3 is 16.0 Å². The Kier molecular flexibility index (Phi) is 4.40. The van der Waals surface area contributed by atoms with Crippen LogP contribution >= 0.6 is 0 Å². The number of para-hydroxylation sites is 1. The quantitative estimate of drug-likeness (QED) is 0.778. The molecule has 94 valence electrons. The molecule has 3 N–H and O–H groups in total. The van der Waals surface area contributed by atoms with Crippen LogP contribution < -0.4 is 11.1 Å². The van der Waals surface area contributed by atoms with E-state index in [1.807, 2.05) is 18.2 Å². The number of benzene rings is 1. The molecule has 1 aliphatic rings. The van der Waals surface area contributed by atoms with Gasteiger partial charge in [0.2, 0.25) is 0 Å². The fourth-order valence-corrected chi connectivity index (χ4v) is 2.55. The molecule has 0 spiro atoms. The van der Waals surface area contributed by atoms with Gasteiger partial charge in [0.25, 0.3) is 0 Å². The van der Waals surface area contributed by atoms with Crippen LogP contribution in [0.5, 0.6) is 0 Å². The highest BCUT2D eigenvalue weighted by Crippen LogP contribution is 2.15. The Morgan fingerprint density at radius 3 is 3.00 bits per heavy atom. The van der Waals surface area contributed by atoms with E-state index in [2.05, 4.69) is 23.3 Å². The normalized spacial score (nSPS) is 21.6. The van der Waals surface area contributed by atoms with Crippen molar-refractivity contribution in [1.82, 2.24) is 10.2 Å². The summed E-state index contributed by atoms with van der Waals surface area (Å²) in [6.07, 6.45) is 2.68. The van der Waals surface area contributed by atoms with Crippen molar-refractivity contribution in [1.29, 1.82) is 0 Å². The minimum atomic E-state index is 0.790. The number of anilines is 1. The summed E-state index contributed by atoms with van der Waals surface area (Å²) in [4.78, 5) is 2.42. The smallest absolute Gasteiger partial charge is 0.0359 e. The number of hydrogen-bond acceptors (Lipinski definition) is 3. The van der Waals surface area contributed by atoms with Gasteiger partial charge >= 0.3 is 0 Å². The van der Waals surface area contributed by atoms with Crippen molar-refractivity contribution >= 4 is 5.69 Å². The molecule has 1 aromatic rings. The van der Waals surface area contributed by atoms with Crippen molar-refractivity contribution in [2.24, 2.45) is 5.92 Å². The highest BCUT2D eigenvalue weighted by molar-refractivity contribution is 5.46. The zero-order valence-electron chi connectivity index (χ0n) is 10.7. The molecule has 0 bridgehead atoms. The molecule has 1 heterocycles. The number of nitrogens with one attached hydrogen (secondary N) is 1. The van der Waals surface area contributed by atoms with Gasteiger partial charge in [0, 0.05) is 18.8 Å². The maximum atomic E-state index is 5.91. The monoisotopic (exact) mass is 233 g/mol. The summed E-state index contributed by atoms with van der Waals surface area (Å²) < 4.78 is 0. The van der Waals surface area contributed by atoms with E-state index in [0.717, 1.165) is 24.7 Å². The maximum Gasteiger partial charge on any atom is 0.0359 e. The number of nitrogens with two attached hydrogens (primary N) is 1. The van der Waals surface area contributed by atoms with Crippen LogP contribution in [0.15, 0.2) is 24.3 Å². The minimum absolute atomic E-state index is 0.790. The molecule has 0 aliphatic carbocycles. The highest BCUT2D eigenvalue weighted by atomic mass is 15.1. The molecule has 1 atom stereocenters. The third-order valence-electron chi connectivity index (χ3n) is 3.53. The van der Waals surface area contributed by atoms with Crippen molar-refractivity contribution in [3.05, 3.63) is 29.8 Å². The summed E-state index contributed by atoms with van der Waals surface area (Å²) in [7, 11) is 2.21. The van der Waals surface area contributed by atoms with Gasteiger partial charge in [0.15, 0.2) is 0 Å². The zero-order chi connectivity index (χ0) is 12.1. The van der Waals surface area contributed by atoms with Crippen molar-refractivity contribution in [3.8, 4) is 0 Å². The maximum absolute atomic E-state index is 5.91. The molecule has 2 rings (SSSR count). The van der Waals surface area contributed by atoms with Crippen molar-refractivity contribution in [2.75, 3.05) is 32.4 Å². The molecule has 1 aliphatic heterocycles. The van der Waals surface area contributed by atoms with Gasteiger partial charge in [-0.2, -0.15) is 0 Å². The lowest BCUT2D eigenvalue weighted by Gasteiger charge is -2.29. The van der Waals surface area contributed by atoms with Crippen LogP contribution in [0.4, 0.5) is 5.69 Å². The van der Waals surface area contributed by atoms with Crippen LogP contribution in [0.25, 0.3) is 0 Å². The number of likely N-dealkylation sites (tertiary alicyclic amines) is 1. The lowest BCUT2D eigenvalue weighted by atomic mass is 9.98. The van der Waals surface area contributed by atoms with Crippen molar-refractivity contribution < 1.29 is 0 Å². The van der Waals surface area contributed by atoms with Crippen LogP contribution in [0.1, 0.15) is 18.4 Å². The number of piperidine rings is 1. The van der Waals surface area contributed by atoms with E-state index < -0.39 is 0 Å². The third-order valence-corrected chi connectivity index (χ3v) is 3.53. The second kappa shape index (κ2) is 6.03. The highest BCUT2D eigenvalue weighted by Gasteiger charge is 2.16. The zero-order valence-corrected chi connectivity index (χ0v) is 10.7. The first-order valence-electron chi connectivity index (χ1n) is 6.48. The first kappa shape index (κ1) is 12.4. The topological polar surface area (TPSA) is 41.3 Å². The first-order valence-corrected chi connectivity index (χ1v) is 6.48. The van der Waals surface area contributed by atoms with E-state index in [1.165, 1.54) is 31.5 Å². The number of rotatable bonds is 4. The van der Waals surface area contributed by atoms with Crippen LogP contribution in [0.3, 0.4) is 0 Å². The van der Waals surface area contributed by atoms with Crippen LogP contribution in [0, 0.1) is 5.92 Å². The lowest BCUT2D eigenvalue weighted by Crippen LogP contribution is -2.37. The van der Waals surface area contributed by atoms with Gasteiger partial charge in [-0.25, -0.2) is 0 Å². The average Bonchev–Trinajstić information content (AvgIpc) is 2.32. The molecule has 1 aromatic carbocycles. The molecule has 0 amide bonds. The van der Waals surface area contributed by atoms with Crippen molar-refractivity contribution in [2.45, 2.75) is 19.4 Å². The summed E-state index contributed by atoms with van der Waals surface area (Å²) in [5, 5.41) is 3.53. The average molecular weight is 233 g/mol. The predicted octanol–water partition coefficient (Wildman–Crippen LogP) is 1.70. The molecular weight excluding hydrogens is 210 g/mol. The fraction of sp³-hybridized carbons (Fsp3) is 0.571. The van der Waals surface area contributed by atoms with Gasteiger partial charge in [0.05, 0.1) is 0 Å². The Morgan fingerprint density at radius 2 is 2.24 bits per heavy atom. The van der Waals surface area contributed by atoms with Crippen molar-refractivity contribution in [3.63, 3.8) is 0 Å². The van der Waals surface area contributed by atoms with E-state index in [1.54, 1.807) is 0 Å². The molecule has 0 saturated carbocycles. The van der Waals surface area contributed by atoms with Gasteiger partial charge in [0.1, 0.15) is 0 Å². The predicted molar refractivity (Wildman–Crippen MR) is 72.8 cm³/mol. The van der Waals surface area contributed by atoms with E-state index in [4.69, 9.17) is 5.73 Å². The second-order valence-electron chi connectivity index (χ2n) is 5.10. The SMILES string of the molecule is CN1CCCC(CNCc2ccccc2N)C1. The van der Waals surface area contributed by atoms with Gasteiger partial charge in [-0.15, -0.1) is 0 Å². The number of nitrogen functional groups attached to an aromatic ring is 1. The number of nitrogens with zero attached hydrogens (tertiary/aromatic N) is 1. The van der Waals surface area contributed by atoms with E-state index in [-0.39, 0.29) is 0 Å². The molecule has 1 unspecified atom stereocenters. The molecule has 3 nitrogen and oxygen atoms in total. The van der Waals surface area contributed by atoms with E-state index >= 15 is 0 Å². The molecule has 1 saturated heterocycles. The summed E-state index contributed by atoms with van der Waals surface area (Å²) in [6.45, 7) is 4.45. The largest absolute Gasteiger partial charge is 0.398 e. The summed E-state index contributed by atoms with van der Waals surface area (Å²) in [6, 6.07) is 8.08. The Morgan fingerprint density at radius 1 is 1.41 bits per heavy atom. The minimum Gasteiger partial charge on any atom is -0.398 e. The summed E-state index contributed by atoms with van der Waals surface area (Å²) >= 11 is 0. The van der Waals surface area contributed by atoms with Gasteiger partial charge in [-0.05, 0) is 50.5 Å². The Bertz CT molecular complexity index is 351. The van der Waals surface area contributed by atoms with Gasteiger partial charge in [-0.1, -0.05) is 18.2 Å². The van der Waals surface area contributed by atoms with E-state index in [0.29, 0.717) is 0 Å². The molecule has 1 fully saturated rings. The molecule has 0 aromatic heterocycles. The lowest BCUT2D eigenvalue weighted by molar-refractivity contribution is 0.206. The molecule has 0 radical (unpaired) electrons. The standard InChI is InChI=1S/C14H23N3/c1-17-8-4-5-12(11-17)9-16-10-13-6-2-3-7-14(13)15/h2-3,6-7,12,16H,4-5,8-11,15H2,1H3. The first-order chi connectivity index (χ1) is 8.25. The summed E-state index contributed by atoms with van der Waals surface area (Å²) in [5.41, 5.74) is 8.01. The molecular formula is C14H23N3. The van der Waals surface area contributed by atoms with Crippen LogP contribution in [-0.4, -0.2) is 31.6 Å². The fourth-order valence-electron chi connectivity index (χ4n) is 2.55. The Balaban J connectivity index is 1.74. The second-order valence-corrected chi connectivity index (χ2v) is 5.10. The summed E-state index contributed by atoms with van der Waals surface area (Å²) in [5.74, 6) is 0.790. The molecule has 17 heavy (non-hydrogen) atoms. The number of hydrogen-bond donors (Lipinski definition) is 2. The molecule has 3 heteroatoms. The Labute approximate surface area is 104 Å².